The molecule has 0 fully saturated rings. The van der Waals surface area contributed by atoms with Gasteiger partial charge in [0.05, 0.1) is 15.8 Å². The van der Waals surface area contributed by atoms with E-state index in [1.54, 1.807) is 22.8 Å². The van der Waals surface area contributed by atoms with Crippen LogP contribution in [0.15, 0.2) is 40.9 Å². The molecule has 2 heterocycles. The largest absolute Gasteiger partial charge is 0.417 e. The molecule has 0 radical (unpaired) electrons. The lowest BCUT2D eigenvalue weighted by molar-refractivity contribution is -0.137. The minimum absolute atomic E-state index is 0.0236. The van der Waals surface area contributed by atoms with Crippen LogP contribution in [-0.2, 0) is 24.4 Å². The lowest BCUT2D eigenvalue weighted by Gasteiger charge is -2.14. The van der Waals surface area contributed by atoms with Crippen LogP contribution >= 0.6 is 34.7 Å². The molecule has 29 heavy (non-hydrogen) atoms. The molecule has 1 aromatic carbocycles. The van der Waals surface area contributed by atoms with Crippen LogP contribution in [0, 0.1) is 0 Å². The number of halogens is 4. The third-order valence-electron chi connectivity index (χ3n) is 4.03. The van der Waals surface area contributed by atoms with Gasteiger partial charge in [-0.15, -0.1) is 21.5 Å². The number of benzene rings is 1. The fraction of sp³-hybridized carbons (Fsp3) is 0.278. The smallest absolute Gasteiger partial charge is 0.325 e. The van der Waals surface area contributed by atoms with Crippen molar-refractivity contribution < 1.29 is 18.0 Å². The first-order valence-corrected chi connectivity index (χ1v) is 10.5. The van der Waals surface area contributed by atoms with Gasteiger partial charge in [0, 0.05) is 24.0 Å². The summed E-state index contributed by atoms with van der Waals surface area (Å²) in [6, 6.07) is 7.22. The van der Waals surface area contributed by atoms with Crippen molar-refractivity contribution in [2.75, 3.05) is 5.32 Å². The summed E-state index contributed by atoms with van der Waals surface area (Å²) in [5.41, 5.74) is -0.973. The van der Waals surface area contributed by atoms with Gasteiger partial charge in [0.25, 0.3) is 0 Å². The van der Waals surface area contributed by atoms with Gasteiger partial charge in [-0.3, -0.25) is 4.79 Å². The second kappa shape index (κ2) is 8.76. The van der Waals surface area contributed by atoms with Gasteiger partial charge in [-0.2, -0.15) is 13.2 Å². The Morgan fingerprint density at radius 1 is 1.34 bits per heavy atom. The van der Waals surface area contributed by atoms with Gasteiger partial charge in [-0.05, 0) is 36.6 Å². The van der Waals surface area contributed by atoms with E-state index in [1.807, 2.05) is 24.6 Å². The summed E-state index contributed by atoms with van der Waals surface area (Å²) in [6.07, 6.45) is -3.97. The van der Waals surface area contributed by atoms with Gasteiger partial charge in [0.15, 0.2) is 5.16 Å². The number of alkyl halides is 3. The summed E-state index contributed by atoms with van der Waals surface area (Å²) in [4.78, 5) is 13.6. The Labute approximate surface area is 178 Å². The molecule has 0 spiro atoms. The molecular formula is C18H16ClF3N4OS2. The molecule has 11 heteroatoms. The topological polar surface area (TPSA) is 59.8 Å². The molecule has 3 rings (SSSR count). The Morgan fingerprint density at radius 2 is 2.10 bits per heavy atom. The van der Waals surface area contributed by atoms with Crippen molar-refractivity contribution in [3.63, 3.8) is 0 Å². The van der Waals surface area contributed by atoms with E-state index in [9.17, 15) is 18.0 Å². The van der Waals surface area contributed by atoms with E-state index in [2.05, 4.69) is 15.5 Å². The van der Waals surface area contributed by atoms with Crippen LogP contribution in [0.1, 0.15) is 23.2 Å². The van der Waals surface area contributed by atoms with E-state index in [-0.39, 0.29) is 5.69 Å². The number of thioether (sulfide) groups is 1. The molecule has 0 aliphatic rings. The third kappa shape index (κ3) is 5.31. The van der Waals surface area contributed by atoms with E-state index in [0.717, 1.165) is 22.8 Å². The summed E-state index contributed by atoms with van der Waals surface area (Å²) in [6.45, 7) is 1.65. The Hall–Kier alpha value is -2.04. The Balaban J connectivity index is 1.66. The summed E-state index contributed by atoms with van der Waals surface area (Å²) < 4.78 is 40.7. The number of carbonyl (C=O) groups is 1. The molecule has 1 N–H and O–H groups in total. The van der Waals surface area contributed by atoms with Crippen LogP contribution in [-0.4, -0.2) is 25.9 Å². The zero-order chi connectivity index (χ0) is 21.2. The number of anilines is 1. The molecule has 0 saturated carbocycles. The van der Waals surface area contributed by atoms with Gasteiger partial charge >= 0.3 is 6.18 Å². The molecule has 5 nitrogen and oxygen atoms in total. The maximum absolute atomic E-state index is 13.0. The monoisotopic (exact) mass is 460 g/mol. The summed E-state index contributed by atoms with van der Waals surface area (Å²) >= 11 is 8.40. The van der Waals surface area contributed by atoms with Crippen LogP contribution in [0.25, 0.3) is 0 Å². The number of aromatic nitrogens is 3. The van der Waals surface area contributed by atoms with E-state index in [0.29, 0.717) is 11.6 Å². The summed E-state index contributed by atoms with van der Waals surface area (Å²) in [5, 5.41) is 12.3. The zero-order valence-corrected chi connectivity index (χ0v) is 17.7. The van der Waals surface area contributed by atoms with Crippen LogP contribution < -0.4 is 5.32 Å². The standard InChI is InChI=1S/C18H16ClF3N4OS2/c1-10(16(27)23-11-5-6-14(19)13(8-11)18(20,21)22)29-17-25-24-15(26(17)2)9-12-4-3-7-28-12/h3-8,10H,9H2,1-2H3,(H,23,27). The average molecular weight is 461 g/mol. The predicted octanol–water partition coefficient (Wildman–Crippen LogP) is 5.26. The molecule has 1 unspecified atom stereocenters. The van der Waals surface area contributed by atoms with Gasteiger partial charge in [-0.1, -0.05) is 29.4 Å². The van der Waals surface area contributed by atoms with Crippen LogP contribution in [0.3, 0.4) is 0 Å². The molecule has 0 aliphatic carbocycles. The molecule has 0 saturated heterocycles. The summed E-state index contributed by atoms with van der Waals surface area (Å²) in [5.74, 6) is 0.309. The number of nitrogens with zero attached hydrogens (tertiary/aromatic N) is 3. The molecule has 0 aliphatic heterocycles. The minimum atomic E-state index is -4.60. The SMILES string of the molecule is CC(Sc1nnc(Cc2cccs2)n1C)C(=O)Nc1ccc(Cl)c(C(F)(F)F)c1. The maximum atomic E-state index is 13.0. The highest BCUT2D eigenvalue weighted by Gasteiger charge is 2.33. The predicted molar refractivity (Wildman–Crippen MR) is 109 cm³/mol. The second-order valence-electron chi connectivity index (χ2n) is 6.16. The summed E-state index contributed by atoms with van der Waals surface area (Å²) in [7, 11) is 1.81. The van der Waals surface area contributed by atoms with Gasteiger partial charge in [0.2, 0.25) is 5.91 Å². The number of carbonyl (C=O) groups excluding carboxylic acids is 1. The number of rotatable bonds is 6. The highest BCUT2D eigenvalue weighted by molar-refractivity contribution is 8.00. The normalized spacial score (nSPS) is 12.8. The van der Waals surface area contributed by atoms with Crippen molar-refractivity contribution in [1.82, 2.24) is 14.8 Å². The van der Waals surface area contributed by atoms with Gasteiger partial charge < -0.3 is 9.88 Å². The number of hydrogen-bond acceptors (Lipinski definition) is 5. The van der Waals surface area contributed by atoms with Crippen molar-refractivity contribution in [1.29, 1.82) is 0 Å². The first kappa shape index (κ1) is 21.7. The molecular weight excluding hydrogens is 445 g/mol. The van der Waals surface area contributed by atoms with E-state index in [1.165, 1.54) is 17.8 Å². The second-order valence-corrected chi connectivity index (χ2v) is 8.90. The number of hydrogen-bond donors (Lipinski definition) is 1. The first-order valence-electron chi connectivity index (χ1n) is 8.40. The molecule has 2 aromatic heterocycles. The van der Waals surface area contributed by atoms with E-state index >= 15 is 0 Å². The Morgan fingerprint density at radius 3 is 2.76 bits per heavy atom. The van der Waals surface area contributed by atoms with Crippen molar-refractivity contribution >= 4 is 46.3 Å². The fourth-order valence-corrected chi connectivity index (χ4v) is 4.21. The number of thiophene rings is 1. The average Bonchev–Trinajstić information content (AvgIpc) is 3.28. The van der Waals surface area contributed by atoms with E-state index in [4.69, 9.17) is 11.6 Å². The highest BCUT2D eigenvalue weighted by atomic mass is 35.5. The van der Waals surface area contributed by atoms with Crippen molar-refractivity contribution in [2.45, 2.75) is 29.9 Å². The molecule has 1 amide bonds. The van der Waals surface area contributed by atoms with E-state index < -0.39 is 27.9 Å². The zero-order valence-electron chi connectivity index (χ0n) is 15.3. The quantitative estimate of drug-likeness (QED) is 0.510. The third-order valence-corrected chi connectivity index (χ3v) is 6.37. The minimum Gasteiger partial charge on any atom is -0.325 e. The molecule has 3 aromatic rings. The highest BCUT2D eigenvalue weighted by Crippen LogP contribution is 2.36. The Bertz CT molecular complexity index is 1010. The number of nitrogens with one attached hydrogen (secondary N) is 1. The van der Waals surface area contributed by atoms with Gasteiger partial charge in [0.1, 0.15) is 5.82 Å². The van der Waals surface area contributed by atoms with Crippen molar-refractivity contribution in [3.8, 4) is 0 Å². The van der Waals surface area contributed by atoms with Crippen LogP contribution in [0.2, 0.25) is 5.02 Å². The Kier molecular flexibility index (Phi) is 6.55. The fourth-order valence-electron chi connectivity index (χ4n) is 2.45. The van der Waals surface area contributed by atoms with Crippen molar-refractivity contribution in [2.24, 2.45) is 7.05 Å². The van der Waals surface area contributed by atoms with Crippen LogP contribution in [0.5, 0.6) is 0 Å². The lowest BCUT2D eigenvalue weighted by atomic mass is 10.2. The van der Waals surface area contributed by atoms with Gasteiger partial charge in [-0.25, -0.2) is 0 Å². The molecule has 154 valence electrons. The van der Waals surface area contributed by atoms with Crippen molar-refractivity contribution in [3.05, 3.63) is 57.0 Å². The van der Waals surface area contributed by atoms with Crippen LogP contribution in [0.4, 0.5) is 18.9 Å². The number of amides is 1. The first-order chi connectivity index (χ1) is 13.6. The lowest BCUT2D eigenvalue weighted by Crippen LogP contribution is -2.23. The maximum Gasteiger partial charge on any atom is 0.417 e. The molecule has 0 bridgehead atoms. The molecule has 1 atom stereocenters.